The van der Waals surface area contributed by atoms with Gasteiger partial charge in [0.15, 0.2) is 15.9 Å². The van der Waals surface area contributed by atoms with Gasteiger partial charge in [0, 0.05) is 6.04 Å². The predicted molar refractivity (Wildman–Crippen MR) is 97.2 cm³/mol. The van der Waals surface area contributed by atoms with E-state index in [2.05, 4.69) is 5.32 Å². The highest BCUT2D eigenvalue weighted by Gasteiger charge is 2.47. The maximum atomic E-state index is 13.3. The Labute approximate surface area is 158 Å². The maximum absolute atomic E-state index is 13.3. The Hall–Kier alpha value is -1.96. The van der Waals surface area contributed by atoms with Crippen LogP contribution in [-0.2, 0) is 24.2 Å². The van der Waals surface area contributed by atoms with Crippen LogP contribution in [-0.4, -0.2) is 43.9 Å². The first-order chi connectivity index (χ1) is 12.7. The van der Waals surface area contributed by atoms with E-state index in [1.807, 2.05) is 0 Å². The number of rotatable bonds is 6. The molecule has 1 aromatic carbocycles. The largest absolute Gasteiger partial charge is 0.452 e. The lowest BCUT2D eigenvalue weighted by molar-refractivity contribution is -0.160. The number of carbonyl (C=O) groups is 2. The normalized spacial score (nSPS) is 27.2. The van der Waals surface area contributed by atoms with Crippen molar-refractivity contribution >= 4 is 21.7 Å². The molecular formula is C19H24FNO5S. The van der Waals surface area contributed by atoms with Gasteiger partial charge in [-0.1, -0.05) is 26.0 Å². The number of sulfone groups is 1. The topological polar surface area (TPSA) is 89.5 Å². The van der Waals surface area contributed by atoms with Gasteiger partial charge in [-0.3, -0.25) is 9.59 Å². The lowest BCUT2D eigenvalue weighted by Gasteiger charge is -2.22. The third-order valence-electron chi connectivity index (χ3n) is 5.06. The second-order valence-electron chi connectivity index (χ2n) is 7.71. The molecule has 0 radical (unpaired) electrons. The molecule has 3 rings (SSSR count). The molecule has 4 atom stereocenters. The van der Waals surface area contributed by atoms with Crippen molar-refractivity contribution in [2.45, 2.75) is 44.8 Å². The average Bonchev–Trinajstić information content (AvgIpc) is 3.31. The SMILES string of the molecule is CC(C)[C@H](OC(=O)[C@@H]1C[C@H]1c1cccc(F)c1)C(=O)N[C@@H]1CCS(=O)(=O)C1. The van der Waals surface area contributed by atoms with Crippen LogP contribution in [0.15, 0.2) is 24.3 Å². The zero-order chi connectivity index (χ0) is 19.8. The van der Waals surface area contributed by atoms with Gasteiger partial charge in [-0.05, 0) is 42.4 Å². The Balaban J connectivity index is 1.58. The average molecular weight is 397 g/mol. The van der Waals surface area contributed by atoms with Crippen molar-refractivity contribution in [2.75, 3.05) is 11.5 Å². The molecule has 1 aromatic rings. The van der Waals surface area contributed by atoms with E-state index in [1.54, 1.807) is 26.0 Å². The van der Waals surface area contributed by atoms with Gasteiger partial charge in [0.05, 0.1) is 17.4 Å². The van der Waals surface area contributed by atoms with E-state index < -0.39 is 33.9 Å². The minimum atomic E-state index is -3.11. The Bertz CT molecular complexity index is 838. The van der Waals surface area contributed by atoms with Crippen molar-refractivity contribution in [1.82, 2.24) is 5.32 Å². The molecule has 1 heterocycles. The molecule has 2 fully saturated rings. The molecule has 148 valence electrons. The summed E-state index contributed by atoms with van der Waals surface area (Å²) in [7, 11) is -3.11. The molecule has 0 bridgehead atoms. The van der Waals surface area contributed by atoms with Gasteiger partial charge in [0.1, 0.15) is 5.82 Å². The van der Waals surface area contributed by atoms with Gasteiger partial charge in [-0.2, -0.15) is 0 Å². The van der Waals surface area contributed by atoms with Gasteiger partial charge in [0.2, 0.25) is 0 Å². The van der Waals surface area contributed by atoms with Gasteiger partial charge in [-0.15, -0.1) is 0 Å². The summed E-state index contributed by atoms with van der Waals surface area (Å²) in [6.07, 6.45) is -0.0401. The molecule has 27 heavy (non-hydrogen) atoms. The lowest BCUT2D eigenvalue weighted by atomic mass is 10.1. The van der Waals surface area contributed by atoms with Crippen LogP contribution in [0, 0.1) is 17.7 Å². The number of hydrogen-bond acceptors (Lipinski definition) is 5. The molecule has 0 aromatic heterocycles. The number of ether oxygens (including phenoxy) is 1. The van der Waals surface area contributed by atoms with E-state index in [0.717, 1.165) is 5.56 Å². The molecule has 6 nitrogen and oxygen atoms in total. The fourth-order valence-electron chi connectivity index (χ4n) is 3.46. The van der Waals surface area contributed by atoms with Gasteiger partial charge >= 0.3 is 5.97 Å². The quantitative estimate of drug-likeness (QED) is 0.740. The number of amides is 1. The van der Waals surface area contributed by atoms with Crippen molar-refractivity contribution in [3.8, 4) is 0 Å². The molecule has 1 aliphatic heterocycles. The van der Waals surface area contributed by atoms with Crippen LogP contribution in [0.2, 0.25) is 0 Å². The summed E-state index contributed by atoms with van der Waals surface area (Å²) in [6.45, 7) is 3.53. The van der Waals surface area contributed by atoms with Crippen molar-refractivity contribution in [1.29, 1.82) is 0 Å². The Morgan fingerprint density at radius 3 is 2.63 bits per heavy atom. The Morgan fingerprint density at radius 2 is 2.04 bits per heavy atom. The highest BCUT2D eigenvalue weighted by molar-refractivity contribution is 7.91. The highest BCUT2D eigenvalue weighted by atomic mass is 32.2. The molecule has 1 amide bonds. The smallest absolute Gasteiger partial charge is 0.310 e. The summed E-state index contributed by atoms with van der Waals surface area (Å²) < 4.78 is 41.9. The monoisotopic (exact) mass is 397 g/mol. The molecule has 1 saturated heterocycles. The fourth-order valence-corrected chi connectivity index (χ4v) is 5.13. The van der Waals surface area contributed by atoms with Gasteiger partial charge < -0.3 is 10.1 Å². The van der Waals surface area contributed by atoms with Crippen molar-refractivity contribution in [2.24, 2.45) is 11.8 Å². The maximum Gasteiger partial charge on any atom is 0.310 e. The number of hydrogen-bond donors (Lipinski definition) is 1. The molecule has 0 unspecified atom stereocenters. The van der Waals surface area contributed by atoms with Crippen molar-refractivity contribution in [3.63, 3.8) is 0 Å². The van der Waals surface area contributed by atoms with E-state index in [1.165, 1.54) is 12.1 Å². The van der Waals surface area contributed by atoms with Crippen LogP contribution in [0.4, 0.5) is 4.39 Å². The van der Waals surface area contributed by atoms with E-state index in [9.17, 15) is 22.4 Å². The summed E-state index contributed by atoms with van der Waals surface area (Å²) in [5.41, 5.74) is 0.749. The van der Waals surface area contributed by atoms with Crippen LogP contribution in [0.1, 0.15) is 38.2 Å². The van der Waals surface area contributed by atoms with Gasteiger partial charge in [0.25, 0.3) is 5.91 Å². The zero-order valence-electron chi connectivity index (χ0n) is 15.4. The zero-order valence-corrected chi connectivity index (χ0v) is 16.2. The summed E-state index contributed by atoms with van der Waals surface area (Å²) in [4.78, 5) is 24.9. The molecular weight excluding hydrogens is 373 g/mol. The van der Waals surface area contributed by atoms with E-state index in [0.29, 0.717) is 12.8 Å². The Morgan fingerprint density at radius 1 is 1.30 bits per heavy atom. The third kappa shape index (κ3) is 4.86. The first-order valence-electron chi connectivity index (χ1n) is 9.13. The van der Waals surface area contributed by atoms with Crippen molar-refractivity contribution < 1.29 is 27.1 Å². The van der Waals surface area contributed by atoms with Crippen LogP contribution in [0.25, 0.3) is 0 Å². The minimum Gasteiger partial charge on any atom is -0.452 e. The van der Waals surface area contributed by atoms with Crippen LogP contribution < -0.4 is 5.32 Å². The summed E-state index contributed by atoms with van der Waals surface area (Å²) in [5, 5.41) is 2.69. The fraction of sp³-hybridized carbons (Fsp3) is 0.579. The molecule has 1 saturated carbocycles. The van der Waals surface area contributed by atoms with E-state index >= 15 is 0 Å². The minimum absolute atomic E-state index is 0.0570. The van der Waals surface area contributed by atoms with Crippen LogP contribution >= 0.6 is 0 Å². The highest BCUT2D eigenvalue weighted by Crippen LogP contribution is 2.48. The van der Waals surface area contributed by atoms with Crippen molar-refractivity contribution in [3.05, 3.63) is 35.6 Å². The number of esters is 1. The number of carbonyl (C=O) groups excluding carboxylic acids is 2. The van der Waals surface area contributed by atoms with Crippen LogP contribution in [0.3, 0.4) is 0 Å². The standard InChI is InChI=1S/C19H24FNO5S/c1-11(2)17(18(22)21-14-6-7-27(24,25)10-14)26-19(23)16-9-15(16)12-4-3-5-13(20)8-12/h3-5,8,11,14-17H,6-7,9-10H2,1-2H3,(H,21,22)/t14-,15+,16-,17+/m1/s1. The second-order valence-corrected chi connectivity index (χ2v) is 9.94. The summed E-state index contributed by atoms with van der Waals surface area (Å²) in [5.74, 6) is -2.04. The predicted octanol–water partition coefficient (Wildman–Crippen LogP) is 1.80. The van der Waals surface area contributed by atoms with E-state index in [-0.39, 0.29) is 35.1 Å². The van der Waals surface area contributed by atoms with E-state index in [4.69, 9.17) is 4.74 Å². The molecule has 1 aliphatic carbocycles. The second kappa shape index (κ2) is 7.58. The summed E-state index contributed by atoms with van der Waals surface area (Å²) in [6, 6.07) is 5.69. The Kier molecular flexibility index (Phi) is 5.55. The molecule has 0 spiro atoms. The van der Waals surface area contributed by atoms with Crippen LogP contribution in [0.5, 0.6) is 0 Å². The number of nitrogens with one attached hydrogen (secondary N) is 1. The number of benzene rings is 1. The first-order valence-corrected chi connectivity index (χ1v) is 10.9. The van der Waals surface area contributed by atoms with Gasteiger partial charge in [-0.25, -0.2) is 12.8 Å². The number of halogens is 1. The molecule has 8 heteroatoms. The third-order valence-corrected chi connectivity index (χ3v) is 6.82. The molecule has 2 aliphatic rings. The lowest BCUT2D eigenvalue weighted by Crippen LogP contribution is -2.46. The first kappa shape index (κ1) is 19.8. The summed E-state index contributed by atoms with van der Waals surface area (Å²) >= 11 is 0. The molecule has 1 N–H and O–H groups in total.